The van der Waals surface area contributed by atoms with Crippen LogP contribution in [-0.4, -0.2) is 79.9 Å². The number of aromatic nitrogens is 1. The van der Waals surface area contributed by atoms with Gasteiger partial charge in [-0.25, -0.2) is 4.98 Å². The van der Waals surface area contributed by atoms with Crippen LogP contribution < -0.4 is 10.2 Å². The van der Waals surface area contributed by atoms with Gasteiger partial charge >= 0.3 is 5.69 Å². The van der Waals surface area contributed by atoms with E-state index in [0.29, 0.717) is 58.4 Å². The van der Waals surface area contributed by atoms with Gasteiger partial charge in [-0.05, 0) is 6.07 Å². The predicted octanol–water partition coefficient (Wildman–Crippen LogP) is 0.0971. The maximum absolute atomic E-state index is 12.2. The smallest absolute Gasteiger partial charge is 0.311 e. The Bertz CT molecular complexity index is 629. The number of rotatable bonds is 5. The van der Waals surface area contributed by atoms with E-state index in [1.807, 2.05) is 4.90 Å². The van der Waals surface area contributed by atoms with Crippen LogP contribution in [0.5, 0.6) is 0 Å². The second-order valence-corrected chi connectivity index (χ2v) is 5.74. The predicted molar refractivity (Wildman–Crippen MR) is 89.8 cm³/mol. The number of amides is 1. The van der Waals surface area contributed by atoms with Crippen molar-refractivity contribution in [1.29, 1.82) is 0 Å². The molecule has 3 rings (SSSR count). The maximum atomic E-state index is 12.2. The first-order valence-corrected chi connectivity index (χ1v) is 8.22. The third-order valence-corrected chi connectivity index (χ3v) is 4.16. The SMILES string of the molecule is O=C(CNc1nc(N2CCOCC2)ccc1[N+](=O)[O-])N1CCOCC1. The molecule has 1 amide bonds. The highest BCUT2D eigenvalue weighted by Crippen LogP contribution is 2.26. The van der Waals surface area contributed by atoms with Crippen molar-refractivity contribution in [3.63, 3.8) is 0 Å². The van der Waals surface area contributed by atoms with Gasteiger partial charge in [0.1, 0.15) is 5.82 Å². The Labute approximate surface area is 144 Å². The number of anilines is 2. The van der Waals surface area contributed by atoms with Gasteiger partial charge in [-0.2, -0.15) is 0 Å². The Morgan fingerprint density at radius 3 is 2.44 bits per heavy atom. The van der Waals surface area contributed by atoms with E-state index in [1.54, 1.807) is 11.0 Å². The van der Waals surface area contributed by atoms with Crippen LogP contribution in [0, 0.1) is 10.1 Å². The molecule has 2 saturated heterocycles. The molecule has 0 unspecified atom stereocenters. The van der Waals surface area contributed by atoms with Crippen molar-refractivity contribution in [2.24, 2.45) is 0 Å². The summed E-state index contributed by atoms with van der Waals surface area (Å²) < 4.78 is 10.5. The number of morpholine rings is 2. The molecule has 2 aliphatic heterocycles. The van der Waals surface area contributed by atoms with Crippen molar-refractivity contribution in [2.75, 3.05) is 69.4 Å². The van der Waals surface area contributed by atoms with Crippen LogP contribution in [0.2, 0.25) is 0 Å². The molecule has 2 aliphatic rings. The molecule has 2 fully saturated rings. The van der Waals surface area contributed by atoms with E-state index in [1.165, 1.54) is 6.07 Å². The Hall–Kier alpha value is -2.46. The van der Waals surface area contributed by atoms with Crippen molar-refractivity contribution in [1.82, 2.24) is 9.88 Å². The Morgan fingerprint density at radius 1 is 1.16 bits per heavy atom. The molecule has 25 heavy (non-hydrogen) atoms. The fourth-order valence-electron chi connectivity index (χ4n) is 2.77. The van der Waals surface area contributed by atoms with Gasteiger partial charge in [0.15, 0.2) is 0 Å². The maximum Gasteiger partial charge on any atom is 0.311 e. The highest BCUT2D eigenvalue weighted by atomic mass is 16.6. The zero-order valence-electron chi connectivity index (χ0n) is 13.8. The number of hydrogen-bond acceptors (Lipinski definition) is 8. The summed E-state index contributed by atoms with van der Waals surface area (Å²) in [7, 11) is 0. The second-order valence-electron chi connectivity index (χ2n) is 5.74. The van der Waals surface area contributed by atoms with Crippen molar-refractivity contribution < 1.29 is 19.2 Å². The number of nitro groups is 1. The van der Waals surface area contributed by atoms with E-state index in [-0.39, 0.29) is 24.0 Å². The van der Waals surface area contributed by atoms with Crippen molar-refractivity contribution in [2.45, 2.75) is 0 Å². The van der Waals surface area contributed by atoms with Crippen LogP contribution in [0.15, 0.2) is 12.1 Å². The summed E-state index contributed by atoms with van der Waals surface area (Å²) in [5.41, 5.74) is -0.146. The molecule has 1 aromatic rings. The normalized spacial score (nSPS) is 18.1. The van der Waals surface area contributed by atoms with Gasteiger partial charge in [0.05, 0.1) is 37.9 Å². The van der Waals surface area contributed by atoms with Gasteiger partial charge in [0.25, 0.3) is 0 Å². The molecular formula is C15H21N5O5. The molecule has 10 heteroatoms. The minimum atomic E-state index is -0.502. The summed E-state index contributed by atoms with van der Waals surface area (Å²) >= 11 is 0. The summed E-state index contributed by atoms with van der Waals surface area (Å²) in [6.45, 7) is 4.59. The van der Waals surface area contributed by atoms with Crippen LogP contribution in [-0.2, 0) is 14.3 Å². The average Bonchev–Trinajstić information content (AvgIpc) is 2.67. The van der Waals surface area contributed by atoms with Crippen LogP contribution >= 0.6 is 0 Å². The highest BCUT2D eigenvalue weighted by molar-refractivity contribution is 5.81. The number of carbonyl (C=O) groups excluding carboxylic acids is 1. The topological polar surface area (TPSA) is 110 Å². The lowest BCUT2D eigenvalue weighted by Crippen LogP contribution is -2.43. The lowest BCUT2D eigenvalue weighted by molar-refractivity contribution is -0.384. The molecule has 136 valence electrons. The van der Waals surface area contributed by atoms with Gasteiger partial charge in [0.2, 0.25) is 11.7 Å². The lowest BCUT2D eigenvalue weighted by atomic mass is 10.3. The minimum absolute atomic E-state index is 0.0413. The molecule has 0 radical (unpaired) electrons. The quantitative estimate of drug-likeness (QED) is 0.587. The molecular weight excluding hydrogens is 330 g/mol. The van der Waals surface area contributed by atoms with Crippen LogP contribution in [0.3, 0.4) is 0 Å². The highest BCUT2D eigenvalue weighted by Gasteiger charge is 2.22. The van der Waals surface area contributed by atoms with Gasteiger partial charge in [-0.15, -0.1) is 0 Å². The lowest BCUT2D eigenvalue weighted by Gasteiger charge is -2.28. The molecule has 0 aliphatic carbocycles. The van der Waals surface area contributed by atoms with Crippen LogP contribution in [0.25, 0.3) is 0 Å². The summed E-state index contributed by atoms with van der Waals surface area (Å²) in [6.07, 6.45) is 0. The van der Waals surface area contributed by atoms with Crippen molar-refractivity contribution >= 4 is 23.2 Å². The van der Waals surface area contributed by atoms with Crippen molar-refractivity contribution in [3.05, 3.63) is 22.2 Å². The number of nitrogens with one attached hydrogen (secondary N) is 1. The van der Waals surface area contributed by atoms with E-state index in [9.17, 15) is 14.9 Å². The van der Waals surface area contributed by atoms with E-state index >= 15 is 0 Å². The molecule has 0 spiro atoms. The van der Waals surface area contributed by atoms with Gasteiger partial charge in [0, 0.05) is 32.2 Å². The van der Waals surface area contributed by atoms with E-state index in [2.05, 4.69) is 10.3 Å². The molecule has 1 aromatic heterocycles. The molecule has 1 N–H and O–H groups in total. The van der Waals surface area contributed by atoms with E-state index in [0.717, 1.165) is 0 Å². The second kappa shape index (κ2) is 8.08. The zero-order valence-corrected chi connectivity index (χ0v) is 13.8. The number of pyridine rings is 1. The summed E-state index contributed by atoms with van der Waals surface area (Å²) in [5, 5.41) is 14.1. The van der Waals surface area contributed by atoms with E-state index in [4.69, 9.17) is 9.47 Å². The fraction of sp³-hybridized carbons (Fsp3) is 0.600. The Balaban J connectivity index is 1.70. The molecule has 10 nitrogen and oxygen atoms in total. The molecule has 0 aromatic carbocycles. The third-order valence-electron chi connectivity index (χ3n) is 4.16. The van der Waals surface area contributed by atoms with Gasteiger partial charge in [-0.3, -0.25) is 14.9 Å². The fourth-order valence-corrected chi connectivity index (χ4v) is 2.77. The average molecular weight is 351 g/mol. The molecule has 3 heterocycles. The minimum Gasteiger partial charge on any atom is -0.378 e. The number of ether oxygens (including phenoxy) is 2. The van der Waals surface area contributed by atoms with E-state index < -0.39 is 4.92 Å². The Kier molecular flexibility index (Phi) is 5.61. The van der Waals surface area contributed by atoms with Crippen LogP contribution in [0.4, 0.5) is 17.3 Å². The number of carbonyl (C=O) groups is 1. The number of nitrogens with zero attached hydrogens (tertiary/aromatic N) is 4. The summed E-state index contributed by atoms with van der Waals surface area (Å²) in [6, 6.07) is 3.04. The summed E-state index contributed by atoms with van der Waals surface area (Å²) in [5.74, 6) is 0.613. The molecule has 0 saturated carbocycles. The number of hydrogen-bond donors (Lipinski definition) is 1. The Morgan fingerprint density at radius 2 is 1.80 bits per heavy atom. The van der Waals surface area contributed by atoms with Crippen LogP contribution in [0.1, 0.15) is 0 Å². The first kappa shape index (κ1) is 17.4. The monoisotopic (exact) mass is 351 g/mol. The standard InChI is InChI=1S/C15H21N5O5/c21-14(19-5-9-25-10-6-19)11-16-15-12(20(22)23)1-2-13(17-15)18-3-7-24-8-4-18/h1-2H,3-11H2,(H,16,17). The zero-order chi connectivity index (χ0) is 17.6. The van der Waals surface area contributed by atoms with Gasteiger partial charge < -0.3 is 24.6 Å². The third kappa shape index (κ3) is 4.34. The molecule has 0 atom stereocenters. The van der Waals surface area contributed by atoms with Crippen molar-refractivity contribution in [3.8, 4) is 0 Å². The largest absolute Gasteiger partial charge is 0.378 e. The van der Waals surface area contributed by atoms with Gasteiger partial charge in [-0.1, -0.05) is 0 Å². The first-order valence-electron chi connectivity index (χ1n) is 8.22. The molecule has 0 bridgehead atoms. The first-order chi connectivity index (χ1) is 12.1. The summed E-state index contributed by atoms with van der Waals surface area (Å²) in [4.78, 5) is 31.0.